The van der Waals surface area contributed by atoms with Crippen LogP contribution in [0.15, 0.2) is 0 Å². The fourth-order valence-corrected chi connectivity index (χ4v) is 1.71. The molecular weight excluding hydrogens is 206 g/mol. The largest absolute Gasteiger partial charge is 0.480 e. The van der Waals surface area contributed by atoms with Crippen LogP contribution < -0.4 is 5.73 Å². The van der Waals surface area contributed by atoms with Crippen LogP contribution in [-0.2, 0) is 4.79 Å². The van der Waals surface area contributed by atoms with Gasteiger partial charge in [-0.25, -0.2) is 0 Å². The van der Waals surface area contributed by atoms with E-state index in [0.717, 1.165) is 13.1 Å². The maximum Gasteiger partial charge on any atom is 0.324 e. The fraction of sp³-hybridized carbons (Fsp3) is 0.909. The number of carbonyl (C=O) groups is 1. The molecule has 16 heavy (non-hydrogen) atoms. The van der Waals surface area contributed by atoms with Gasteiger partial charge in [0.1, 0.15) is 5.54 Å². The molecule has 0 fully saturated rings. The quantitative estimate of drug-likeness (QED) is 0.648. The second-order valence-corrected chi connectivity index (χ2v) is 4.90. The van der Waals surface area contributed by atoms with Crippen molar-refractivity contribution in [3.05, 3.63) is 0 Å². The normalized spacial score (nSPS) is 17.5. The van der Waals surface area contributed by atoms with E-state index in [0.29, 0.717) is 12.6 Å². The van der Waals surface area contributed by atoms with Crippen LogP contribution in [0, 0.1) is 0 Å². The highest BCUT2D eigenvalue weighted by Gasteiger charge is 2.31. The van der Waals surface area contributed by atoms with E-state index in [1.54, 1.807) is 6.92 Å². The summed E-state index contributed by atoms with van der Waals surface area (Å²) in [6.45, 7) is 7.72. The molecule has 0 aliphatic heterocycles. The highest BCUT2D eigenvalue weighted by molar-refractivity contribution is 5.78. The van der Waals surface area contributed by atoms with Crippen LogP contribution in [0.5, 0.6) is 0 Å². The van der Waals surface area contributed by atoms with Gasteiger partial charge in [0.05, 0.1) is 0 Å². The molecule has 3 N–H and O–H groups in total. The zero-order valence-electron chi connectivity index (χ0n) is 11.0. The molecule has 0 saturated heterocycles. The van der Waals surface area contributed by atoms with Gasteiger partial charge in [0, 0.05) is 19.1 Å². The maximum absolute atomic E-state index is 11.0. The summed E-state index contributed by atoms with van der Waals surface area (Å²) in [6.07, 6.45) is 0. The molecule has 2 atom stereocenters. The van der Waals surface area contributed by atoms with Gasteiger partial charge in [-0.05, 0) is 34.5 Å². The summed E-state index contributed by atoms with van der Waals surface area (Å²) < 4.78 is 0. The Hall–Kier alpha value is -0.650. The van der Waals surface area contributed by atoms with Crippen molar-refractivity contribution in [1.82, 2.24) is 9.80 Å². The second-order valence-electron chi connectivity index (χ2n) is 4.90. The molecule has 2 unspecified atom stereocenters. The minimum Gasteiger partial charge on any atom is -0.480 e. The van der Waals surface area contributed by atoms with Crippen molar-refractivity contribution in [2.24, 2.45) is 5.73 Å². The predicted octanol–water partition coefficient (Wildman–Crippen LogP) is 0.0604. The molecule has 0 aromatic carbocycles. The topological polar surface area (TPSA) is 69.8 Å². The molecule has 0 saturated carbocycles. The summed E-state index contributed by atoms with van der Waals surface area (Å²) in [7, 11) is 4.01. The van der Waals surface area contributed by atoms with Crippen molar-refractivity contribution < 1.29 is 9.90 Å². The molecule has 0 aliphatic carbocycles. The van der Waals surface area contributed by atoms with Crippen LogP contribution in [-0.4, -0.2) is 66.2 Å². The lowest BCUT2D eigenvalue weighted by Gasteiger charge is -2.34. The Bertz CT molecular complexity index is 229. The number of nitrogens with two attached hydrogens (primary N) is 1. The number of rotatable bonds is 7. The molecule has 0 aliphatic rings. The van der Waals surface area contributed by atoms with Crippen LogP contribution in [0.1, 0.15) is 20.8 Å². The van der Waals surface area contributed by atoms with Crippen molar-refractivity contribution in [3.8, 4) is 0 Å². The van der Waals surface area contributed by atoms with Gasteiger partial charge in [0.25, 0.3) is 0 Å². The molecular formula is C11H25N3O2. The summed E-state index contributed by atoms with van der Waals surface area (Å²) in [5, 5.41) is 8.99. The number of likely N-dealkylation sites (N-methyl/N-ethyl adjacent to an activating group) is 2. The second kappa shape index (κ2) is 6.18. The van der Waals surface area contributed by atoms with Crippen molar-refractivity contribution in [1.29, 1.82) is 0 Å². The number of hydrogen-bond acceptors (Lipinski definition) is 4. The van der Waals surface area contributed by atoms with Gasteiger partial charge < -0.3 is 15.7 Å². The zero-order chi connectivity index (χ0) is 12.9. The van der Waals surface area contributed by atoms with Gasteiger partial charge >= 0.3 is 5.97 Å². The van der Waals surface area contributed by atoms with E-state index < -0.39 is 11.5 Å². The molecule has 0 aromatic rings. The summed E-state index contributed by atoms with van der Waals surface area (Å²) in [6, 6.07) is 0.294. The number of aliphatic carboxylic acids is 1. The Morgan fingerprint density at radius 1 is 1.50 bits per heavy atom. The number of carboxylic acids is 1. The van der Waals surface area contributed by atoms with Gasteiger partial charge in [0.15, 0.2) is 0 Å². The van der Waals surface area contributed by atoms with E-state index in [4.69, 9.17) is 10.8 Å². The highest BCUT2D eigenvalue weighted by Crippen LogP contribution is 2.08. The summed E-state index contributed by atoms with van der Waals surface area (Å²) in [5.41, 5.74) is 4.57. The van der Waals surface area contributed by atoms with Crippen LogP contribution in [0.2, 0.25) is 0 Å². The lowest BCUT2D eigenvalue weighted by Crippen LogP contribution is -2.56. The predicted molar refractivity (Wildman–Crippen MR) is 65.5 cm³/mol. The highest BCUT2D eigenvalue weighted by atomic mass is 16.4. The lowest BCUT2D eigenvalue weighted by atomic mass is 10.0. The molecule has 0 spiro atoms. The Morgan fingerprint density at radius 3 is 2.31 bits per heavy atom. The van der Waals surface area contributed by atoms with Crippen molar-refractivity contribution in [2.75, 3.05) is 33.7 Å². The Labute approximate surface area is 98.2 Å². The first kappa shape index (κ1) is 15.3. The maximum atomic E-state index is 11.0. The SMILES string of the molecule is CCN(CC(C)(N)C(=O)O)C(C)CN(C)C. The summed E-state index contributed by atoms with van der Waals surface area (Å²) in [5.74, 6) is -0.956. The third-order valence-electron chi connectivity index (χ3n) is 2.68. The Balaban J connectivity index is 4.45. The average Bonchev–Trinajstić information content (AvgIpc) is 2.12. The van der Waals surface area contributed by atoms with E-state index in [1.807, 2.05) is 21.0 Å². The minimum atomic E-state index is -1.18. The summed E-state index contributed by atoms with van der Waals surface area (Å²) >= 11 is 0. The molecule has 0 aromatic heterocycles. The first-order valence-corrected chi connectivity index (χ1v) is 5.61. The van der Waals surface area contributed by atoms with Crippen molar-refractivity contribution >= 4 is 5.97 Å². The first-order valence-electron chi connectivity index (χ1n) is 5.61. The van der Waals surface area contributed by atoms with Gasteiger partial charge in [-0.15, -0.1) is 0 Å². The van der Waals surface area contributed by atoms with Crippen molar-refractivity contribution in [3.63, 3.8) is 0 Å². The summed E-state index contributed by atoms with van der Waals surface area (Å²) in [4.78, 5) is 15.1. The van der Waals surface area contributed by atoms with Crippen molar-refractivity contribution in [2.45, 2.75) is 32.4 Å². The molecule has 5 nitrogen and oxygen atoms in total. The first-order chi connectivity index (χ1) is 7.20. The van der Waals surface area contributed by atoms with Gasteiger partial charge in [-0.2, -0.15) is 0 Å². The molecule has 0 bridgehead atoms. The van der Waals surface area contributed by atoms with Crippen LogP contribution in [0.3, 0.4) is 0 Å². The van der Waals surface area contributed by atoms with E-state index in [1.165, 1.54) is 0 Å². The van der Waals surface area contributed by atoms with E-state index in [2.05, 4.69) is 16.7 Å². The van der Waals surface area contributed by atoms with E-state index in [-0.39, 0.29) is 0 Å². The minimum absolute atomic E-state index is 0.294. The monoisotopic (exact) mass is 231 g/mol. The van der Waals surface area contributed by atoms with Gasteiger partial charge in [-0.1, -0.05) is 6.92 Å². The molecule has 96 valence electrons. The average molecular weight is 231 g/mol. The standard InChI is InChI=1S/C11H25N3O2/c1-6-14(9(2)7-13(4)5)8-11(3,12)10(15)16/h9H,6-8,12H2,1-5H3,(H,15,16). The van der Waals surface area contributed by atoms with Crippen LogP contribution in [0.25, 0.3) is 0 Å². The smallest absolute Gasteiger partial charge is 0.324 e. The van der Waals surface area contributed by atoms with Crippen LogP contribution in [0.4, 0.5) is 0 Å². The molecule has 0 heterocycles. The fourth-order valence-electron chi connectivity index (χ4n) is 1.71. The molecule has 5 heteroatoms. The third kappa shape index (κ3) is 4.92. The van der Waals surface area contributed by atoms with Gasteiger partial charge in [0.2, 0.25) is 0 Å². The van der Waals surface area contributed by atoms with Gasteiger partial charge in [-0.3, -0.25) is 9.69 Å². The number of hydrogen-bond donors (Lipinski definition) is 2. The third-order valence-corrected chi connectivity index (χ3v) is 2.68. The molecule has 0 rings (SSSR count). The number of carboxylic acid groups (broad SMARTS) is 1. The van der Waals surface area contributed by atoms with E-state index in [9.17, 15) is 4.79 Å². The van der Waals surface area contributed by atoms with E-state index >= 15 is 0 Å². The zero-order valence-corrected chi connectivity index (χ0v) is 11.0. The lowest BCUT2D eigenvalue weighted by molar-refractivity contribution is -0.143. The number of nitrogens with zero attached hydrogens (tertiary/aromatic N) is 2. The molecule has 0 radical (unpaired) electrons. The Morgan fingerprint density at radius 2 is 2.00 bits per heavy atom. The van der Waals surface area contributed by atoms with Crippen LogP contribution >= 0.6 is 0 Å². The molecule has 0 amide bonds. The Kier molecular flexibility index (Phi) is 5.92.